The third-order valence-corrected chi connectivity index (χ3v) is 9.06. The molecule has 0 bridgehead atoms. The Hall–Kier alpha value is -2.60. The van der Waals surface area contributed by atoms with Crippen LogP contribution in [0.3, 0.4) is 0 Å². The summed E-state index contributed by atoms with van der Waals surface area (Å²) in [6, 6.07) is 10.4. The maximum absolute atomic E-state index is 13.6. The molecule has 0 N–H and O–H groups in total. The number of fused-ring (bicyclic) bond motifs is 1. The van der Waals surface area contributed by atoms with E-state index in [4.69, 9.17) is 9.72 Å². The number of anilines is 1. The van der Waals surface area contributed by atoms with Crippen LogP contribution < -0.4 is 9.64 Å². The van der Waals surface area contributed by atoms with Gasteiger partial charge in [0.25, 0.3) is 0 Å². The first-order chi connectivity index (χ1) is 16.7. The number of ether oxygens (including phenoxy) is 1. The number of rotatable bonds is 8. The number of carbonyl (C=O) groups is 1. The summed E-state index contributed by atoms with van der Waals surface area (Å²) in [6.45, 7) is 1.61. The molecule has 1 fully saturated rings. The predicted octanol–water partition coefficient (Wildman–Crippen LogP) is 3.44. The highest BCUT2D eigenvalue weighted by Gasteiger charge is 2.35. The van der Waals surface area contributed by atoms with Gasteiger partial charge in [-0.3, -0.25) is 9.69 Å². The summed E-state index contributed by atoms with van der Waals surface area (Å²) in [7, 11) is 1.78. The molecular weight excluding hydrogens is 491 g/mol. The van der Waals surface area contributed by atoms with E-state index >= 15 is 0 Å². The average molecular weight is 521 g/mol. The van der Waals surface area contributed by atoms with E-state index in [1.54, 1.807) is 12.0 Å². The maximum Gasteiger partial charge on any atom is 0.243 e. The maximum atomic E-state index is 13.6. The zero-order chi connectivity index (χ0) is 25.2. The quantitative estimate of drug-likeness (QED) is 0.453. The Morgan fingerprint density at radius 3 is 2.46 bits per heavy atom. The molecule has 3 aromatic rings. The van der Waals surface area contributed by atoms with Crippen molar-refractivity contribution in [2.45, 2.75) is 17.7 Å². The van der Waals surface area contributed by atoms with Crippen LogP contribution in [0.1, 0.15) is 12.8 Å². The van der Waals surface area contributed by atoms with Crippen molar-refractivity contribution in [3.63, 3.8) is 0 Å². The standard InChI is InChI=1S/C24H29FN4O4S2/c1-27(2)14-15-29(24-26-21-9-6-19(33-3)16-22(21)34-24)23(30)17-10-12-28(13-11-17)35(31,32)20-7-4-18(25)5-8-20/h4-9,16-17H,10-15H2,1-3H3. The third-order valence-electron chi connectivity index (χ3n) is 6.11. The summed E-state index contributed by atoms with van der Waals surface area (Å²) in [4.78, 5) is 22.1. The van der Waals surface area contributed by atoms with E-state index in [9.17, 15) is 17.6 Å². The molecule has 2 heterocycles. The van der Waals surface area contributed by atoms with E-state index < -0.39 is 15.8 Å². The molecule has 0 saturated carbocycles. The van der Waals surface area contributed by atoms with Crippen LogP contribution in [0.15, 0.2) is 47.4 Å². The normalized spacial score (nSPS) is 15.6. The average Bonchev–Trinajstić information content (AvgIpc) is 3.27. The number of likely N-dealkylation sites (N-methyl/N-ethyl adjacent to an activating group) is 1. The van der Waals surface area contributed by atoms with Crippen molar-refractivity contribution < 1.29 is 22.3 Å². The minimum Gasteiger partial charge on any atom is -0.497 e. The van der Waals surface area contributed by atoms with Crippen LogP contribution in [0.25, 0.3) is 10.2 Å². The summed E-state index contributed by atoms with van der Waals surface area (Å²) < 4.78 is 46.7. The molecule has 0 unspecified atom stereocenters. The Morgan fingerprint density at radius 2 is 1.83 bits per heavy atom. The van der Waals surface area contributed by atoms with E-state index in [2.05, 4.69) is 0 Å². The zero-order valence-corrected chi connectivity index (χ0v) is 21.6. The molecule has 1 saturated heterocycles. The van der Waals surface area contributed by atoms with Gasteiger partial charge in [0.05, 0.1) is 22.2 Å². The second-order valence-corrected chi connectivity index (χ2v) is 11.7. The van der Waals surface area contributed by atoms with Gasteiger partial charge in [-0.15, -0.1) is 0 Å². The number of sulfonamides is 1. The molecule has 0 spiro atoms. The number of piperidine rings is 1. The summed E-state index contributed by atoms with van der Waals surface area (Å²) in [5.41, 5.74) is 0.800. The topological polar surface area (TPSA) is 83.1 Å². The number of halogens is 1. The van der Waals surface area contributed by atoms with Crippen molar-refractivity contribution in [2.75, 3.05) is 52.3 Å². The van der Waals surface area contributed by atoms with E-state index in [1.165, 1.54) is 27.8 Å². The van der Waals surface area contributed by atoms with Gasteiger partial charge >= 0.3 is 0 Å². The number of amides is 1. The number of thiazole rings is 1. The van der Waals surface area contributed by atoms with Gasteiger partial charge in [0, 0.05) is 32.1 Å². The van der Waals surface area contributed by atoms with Crippen molar-refractivity contribution >= 4 is 42.6 Å². The van der Waals surface area contributed by atoms with Gasteiger partial charge < -0.3 is 9.64 Å². The largest absolute Gasteiger partial charge is 0.497 e. The molecule has 8 nitrogen and oxygen atoms in total. The molecular formula is C24H29FN4O4S2. The lowest BCUT2D eigenvalue weighted by molar-refractivity contribution is -0.123. The Bertz CT molecular complexity index is 1290. The number of benzene rings is 2. The van der Waals surface area contributed by atoms with Crippen molar-refractivity contribution in [1.29, 1.82) is 0 Å². The van der Waals surface area contributed by atoms with Gasteiger partial charge in [0.2, 0.25) is 15.9 Å². The zero-order valence-electron chi connectivity index (χ0n) is 20.0. The molecule has 11 heteroatoms. The highest BCUT2D eigenvalue weighted by Crippen LogP contribution is 2.33. The molecule has 0 radical (unpaired) electrons. The number of hydrogen-bond donors (Lipinski definition) is 0. The van der Waals surface area contributed by atoms with Crippen LogP contribution in [-0.2, 0) is 14.8 Å². The second kappa shape index (κ2) is 10.6. The number of carbonyl (C=O) groups excluding carboxylic acids is 1. The first-order valence-corrected chi connectivity index (χ1v) is 13.6. The fraction of sp³-hybridized carbons (Fsp3) is 0.417. The first-order valence-electron chi connectivity index (χ1n) is 11.4. The van der Waals surface area contributed by atoms with E-state index in [-0.39, 0.29) is 29.8 Å². The monoisotopic (exact) mass is 520 g/mol. The molecule has 188 valence electrons. The molecule has 1 amide bonds. The van der Waals surface area contributed by atoms with Crippen LogP contribution in [0.5, 0.6) is 5.75 Å². The van der Waals surface area contributed by atoms with E-state index in [0.717, 1.165) is 28.1 Å². The van der Waals surface area contributed by atoms with E-state index in [1.807, 2.05) is 37.2 Å². The van der Waals surface area contributed by atoms with Crippen LogP contribution in [-0.4, -0.2) is 75.9 Å². The molecule has 0 aliphatic carbocycles. The van der Waals surface area contributed by atoms with Gasteiger partial charge in [-0.05, 0) is 69.4 Å². The summed E-state index contributed by atoms with van der Waals surface area (Å²) in [5.74, 6) is -0.108. The van der Waals surface area contributed by atoms with Gasteiger partial charge in [-0.25, -0.2) is 17.8 Å². The van der Waals surface area contributed by atoms with Crippen molar-refractivity contribution in [1.82, 2.24) is 14.2 Å². The lowest BCUT2D eigenvalue weighted by atomic mass is 9.96. The molecule has 1 aliphatic heterocycles. The molecule has 1 aromatic heterocycles. The van der Waals surface area contributed by atoms with Crippen LogP contribution in [0.2, 0.25) is 0 Å². The Morgan fingerprint density at radius 1 is 1.14 bits per heavy atom. The van der Waals surface area contributed by atoms with Gasteiger partial charge in [0.1, 0.15) is 11.6 Å². The second-order valence-electron chi connectivity index (χ2n) is 8.76. The fourth-order valence-corrected chi connectivity index (χ4v) is 6.55. The molecule has 0 atom stereocenters. The Balaban J connectivity index is 1.51. The lowest BCUT2D eigenvalue weighted by Crippen LogP contribution is -2.46. The summed E-state index contributed by atoms with van der Waals surface area (Å²) in [5, 5.41) is 0.626. The van der Waals surface area contributed by atoms with Crippen molar-refractivity contribution in [3.05, 3.63) is 48.3 Å². The minimum atomic E-state index is -3.73. The van der Waals surface area contributed by atoms with Crippen molar-refractivity contribution in [2.24, 2.45) is 5.92 Å². The SMILES string of the molecule is COc1ccc2nc(N(CCN(C)C)C(=O)C3CCN(S(=O)(=O)c4ccc(F)cc4)CC3)sc2c1. The number of aromatic nitrogens is 1. The molecule has 1 aliphatic rings. The van der Waals surface area contributed by atoms with Crippen LogP contribution in [0, 0.1) is 11.7 Å². The molecule has 2 aromatic carbocycles. The Kier molecular flexibility index (Phi) is 7.70. The predicted molar refractivity (Wildman–Crippen MR) is 135 cm³/mol. The first kappa shape index (κ1) is 25.5. The molecule has 35 heavy (non-hydrogen) atoms. The number of nitrogens with zero attached hydrogens (tertiary/aromatic N) is 4. The van der Waals surface area contributed by atoms with Crippen molar-refractivity contribution in [3.8, 4) is 5.75 Å². The van der Waals surface area contributed by atoms with Gasteiger partial charge in [0.15, 0.2) is 5.13 Å². The number of methoxy groups -OCH3 is 1. The summed E-state index contributed by atoms with van der Waals surface area (Å²) >= 11 is 1.44. The van der Waals surface area contributed by atoms with Crippen LogP contribution >= 0.6 is 11.3 Å². The molecule has 4 rings (SSSR count). The Labute approximate surface area is 209 Å². The number of hydrogen-bond acceptors (Lipinski definition) is 7. The van der Waals surface area contributed by atoms with Crippen LogP contribution in [0.4, 0.5) is 9.52 Å². The lowest BCUT2D eigenvalue weighted by Gasteiger charge is -2.33. The minimum absolute atomic E-state index is 0.0447. The third kappa shape index (κ3) is 5.64. The van der Waals surface area contributed by atoms with Gasteiger partial charge in [-0.1, -0.05) is 11.3 Å². The highest BCUT2D eigenvalue weighted by atomic mass is 32.2. The summed E-state index contributed by atoms with van der Waals surface area (Å²) in [6.07, 6.45) is 0.826. The fourth-order valence-electron chi connectivity index (χ4n) is 4.05. The smallest absolute Gasteiger partial charge is 0.243 e. The highest BCUT2D eigenvalue weighted by molar-refractivity contribution is 7.89. The van der Waals surface area contributed by atoms with Gasteiger partial charge in [-0.2, -0.15) is 4.31 Å². The van der Waals surface area contributed by atoms with E-state index in [0.29, 0.717) is 31.1 Å².